The van der Waals surface area contributed by atoms with Crippen LogP contribution in [0.25, 0.3) is 100 Å². The molecule has 10 aromatic rings. The molecule has 0 aliphatic carbocycles. The molecule has 0 radical (unpaired) electrons. The molecule has 0 bridgehead atoms. The largest absolute Gasteiger partial charge is 0.494 e. The highest BCUT2D eigenvalue weighted by Crippen LogP contribution is 2.56. The Morgan fingerprint density at radius 1 is 0.253 bits per heavy atom. The van der Waals surface area contributed by atoms with Gasteiger partial charge in [0.15, 0.2) is 0 Å². The highest BCUT2D eigenvalue weighted by atomic mass is 16.5. The van der Waals surface area contributed by atoms with E-state index in [4.69, 9.17) is 14.2 Å². The lowest BCUT2D eigenvalue weighted by molar-refractivity contribution is 0.309. The van der Waals surface area contributed by atoms with Gasteiger partial charge in [-0.2, -0.15) is 0 Å². The highest BCUT2D eigenvalue weighted by molar-refractivity contribution is 6.15. The van der Waals surface area contributed by atoms with E-state index in [9.17, 15) is 0 Å². The zero-order valence-electron chi connectivity index (χ0n) is 43.2. The van der Waals surface area contributed by atoms with Gasteiger partial charge in [0.2, 0.25) is 0 Å². The van der Waals surface area contributed by atoms with E-state index in [0.29, 0.717) is 19.8 Å². The molecule has 0 aliphatic heterocycles. The fourth-order valence-corrected chi connectivity index (χ4v) is 9.73. The first-order chi connectivity index (χ1) is 37.1. The minimum atomic E-state index is 0.664. The average molecular weight is 982 g/mol. The minimum Gasteiger partial charge on any atom is -0.494 e. The molecule has 10 rings (SSSR count). The number of rotatable bonds is 21. The molecule has 0 amide bonds. The van der Waals surface area contributed by atoms with Gasteiger partial charge in [-0.25, -0.2) is 0 Å². The molecule has 0 fully saturated rings. The van der Waals surface area contributed by atoms with Gasteiger partial charge in [0.05, 0.1) is 19.8 Å². The van der Waals surface area contributed by atoms with Crippen LogP contribution >= 0.6 is 0 Å². The van der Waals surface area contributed by atoms with E-state index in [1.807, 2.05) is 55.4 Å². The fourth-order valence-electron chi connectivity index (χ4n) is 9.73. The summed E-state index contributed by atoms with van der Waals surface area (Å²) in [4.78, 5) is 13.4. The van der Waals surface area contributed by atoms with Crippen LogP contribution in [0.5, 0.6) is 17.2 Å². The Kier molecular flexibility index (Phi) is 16.3. The van der Waals surface area contributed by atoms with Crippen molar-refractivity contribution < 1.29 is 14.2 Å². The van der Waals surface area contributed by atoms with Crippen molar-refractivity contribution in [2.45, 2.75) is 59.3 Å². The summed E-state index contributed by atoms with van der Waals surface area (Å²) in [6.07, 6.45) is 17.4. The molecule has 6 heteroatoms. The lowest BCUT2D eigenvalue weighted by Crippen LogP contribution is -2.03. The molecule has 0 aliphatic rings. The Hall–Kier alpha value is -8.61. The third-order valence-electron chi connectivity index (χ3n) is 13.7. The van der Waals surface area contributed by atoms with Crippen LogP contribution in [0.1, 0.15) is 59.3 Å². The molecule has 7 aromatic carbocycles. The van der Waals surface area contributed by atoms with Crippen LogP contribution in [0.3, 0.4) is 0 Å². The smallest absolute Gasteiger partial charge is 0.119 e. The minimum absolute atomic E-state index is 0.664. The van der Waals surface area contributed by atoms with Crippen LogP contribution in [0.15, 0.2) is 219 Å². The second-order valence-electron chi connectivity index (χ2n) is 18.9. The number of pyridine rings is 3. The molecular weight excluding hydrogens is 919 g/mol. The van der Waals surface area contributed by atoms with Crippen LogP contribution in [0.4, 0.5) is 0 Å². The number of ether oxygens (including phenoxy) is 3. The predicted octanol–water partition coefficient (Wildman–Crippen LogP) is 18.4. The summed E-state index contributed by atoms with van der Waals surface area (Å²) in [6, 6.07) is 65.6. The Morgan fingerprint density at radius 2 is 0.467 bits per heavy atom. The molecule has 3 aromatic heterocycles. The van der Waals surface area contributed by atoms with Crippen molar-refractivity contribution in [3.05, 3.63) is 219 Å². The van der Waals surface area contributed by atoms with Crippen LogP contribution in [0.2, 0.25) is 0 Å². The average Bonchev–Trinajstić information content (AvgIpc) is 3.49. The zero-order valence-corrected chi connectivity index (χ0v) is 43.2. The maximum atomic E-state index is 6.34. The van der Waals surface area contributed by atoms with Crippen molar-refractivity contribution in [2.75, 3.05) is 19.8 Å². The highest BCUT2D eigenvalue weighted by Gasteiger charge is 2.30. The normalized spacial score (nSPS) is 11.1. The van der Waals surface area contributed by atoms with E-state index < -0.39 is 0 Å². The Bertz CT molecular complexity index is 2990. The zero-order chi connectivity index (χ0) is 51.2. The van der Waals surface area contributed by atoms with Gasteiger partial charge in [0.25, 0.3) is 0 Å². The van der Waals surface area contributed by atoms with Crippen molar-refractivity contribution in [3.63, 3.8) is 0 Å². The molecule has 0 unspecified atom stereocenters. The topological polar surface area (TPSA) is 66.4 Å². The summed E-state index contributed by atoms with van der Waals surface area (Å²) in [6.45, 7) is 8.57. The van der Waals surface area contributed by atoms with E-state index in [0.717, 1.165) is 156 Å². The van der Waals surface area contributed by atoms with Gasteiger partial charge in [-0.3, -0.25) is 15.0 Å². The maximum Gasteiger partial charge on any atom is 0.119 e. The van der Waals surface area contributed by atoms with Crippen molar-refractivity contribution in [1.82, 2.24) is 15.0 Å². The quantitative estimate of drug-likeness (QED) is 0.0669. The monoisotopic (exact) mass is 981 g/mol. The van der Waals surface area contributed by atoms with E-state index >= 15 is 0 Å². The summed E-state index contributed by atoms with van der Waals surface area (Å²) in [7, 11) is 0. The Balaban J connectivity index is 1.34. The number of hydrogen-bond acceptors (Lipinski definition) is 6. The summed E-state index contributed by atoms with van der Waals surface area (Å²) in [5, 5.41) is 0. The van der Waals surface area contributed by atoms with Gasteiger partial charge >= 0.3 is 0 Å². The molecular formula is C69H63N3O3. The Labute approximate surface area is 442 Å². The molecule has 75 heavy (non-hydrogen) atoms. The van der Waals surface area contributed by atoms with Gasteiger partial charge in [0, 0.05) is 37.2 Å². The fraction of sp³-hybridized carbons (Fsp3) is 0.174. The van der Waals surface area contributed by atoms with Crippen molar-refractivity contribution in [3.8, 4) is 117 Å². The third kappa shape index (κ3) is 11.6. The summed E-state index contributed by atoms with van der Waals surface area (Å²) < 4.78 is 19.0. The van der Waals surface area contributed by atoms with Gasteiger partial charge in [0.1, 0.15) is 17.2 Å². The summed E-state index contributed by atoms with van der Waals surface area (Å²) in [5.41, 5.74) is 19.5. The number of nitrogens with zero attached hydrogens (tertiary/aromatic N) is 3. The van der Waals surface area contributed by atoms with E-state index in [1.54, 1.807) is 0 Å². The number of benzene rings is 7. The first-order valence-electron chi connectivity index (χ1n) is 26.6. The van der Waals surface area contributed by atoms with Crippen LogP contribution < -0.4 is 14.2 Å². The first kappa shape index (κ1) is 49.9. The van der Waals surface area contributed by atoms with Crippen molar-refractivity contribution in [1.29, 1.82) is 0 Å². The molecule has 372 valence electrons. The molecule has 6 nitrogen and oxygen atoms in total. The molecule has 0 saturated heterocycles. The Morgan fingerprint density at radius 3 is 0.667 bits per heavy atom. The number of unbranched alkanes of at least 4 members (excludes halogenated alkanes) is 3. The second-order valence-corrected chi connectivity index (χ2v) is 18.9. The van der Waals surface area contributed by atoms with E-state index in [-0.39, 0.29) is 0 Å². The van der Waals surface area contributed by atoms with Gasteiger partial charge in [-0.1, -0.05) is 167 Å². The molecule has 0 saturated carbocycles. The number of hydrogen-bond donors (Lipinski definition) is 0. The third-order valence-corrected chi connectivity index (χ3v) is 13.7. The molecule has 0 N–H and O–H groups in total. The maximum absolute atomic E-state index is 6.34. The van der Waals surface area contributed by atoms with Gasteiger partial charge in [-0.15, -0.1) is 0 Å². The van der Waals surface area contributed by atoms with Crippen molar-refractivity contribution >= 4 is 0 Å². The van der Waals surface area contributed by atoms with Gasteiger partial charge < -0.3 is 14.2 Å². The van der Waals surface area contributed by atoms with Crippen LogP contribution in [-0.4, -0.2) is 34.8 Å². The lowest BCUT2D eigenvalue weighted by atomic mass is 9.74. The first-order valence-corrected chi connectivity index (χ1v) is 26.6. The predicted molar refractivity (Wildman–Crippen MR) is 310 cm³/mol. The summed E-state index contributed by atoms with van der Waals surface area (Å²) >= 11 is 0. The number of aromatic nitrogens is 3. The standard InChI is InChI=1S/C69H63N3O3/c1-4-7-43-73-61-34-28-55(29-35-61)67-64(52-22-16-49(17-23-52)58-13-10-40-70-46-58)68(56-30-36-62(37-31-56)74-44-8-5-2)66(54-26-20-51(21-27-54)60-15-12-42-72-48-60)69(57-32-38-63(39-33-57)75-45-9-6-3)65(67)53-24-18-50(19-25-53)59-14-11-41-71-47-59/h10-42,46-48H,4-9,43-45H2,1-3H3. The van der Waals surface area contributed by atoms with E-state index in [1.165, 1.54) is 0 Å². The van der Waals surface area contributed by atoms with Crippen molar-refractivity contribution in [2.24, 2.45) is 0 Å². The molecule has 0 atom stereocenters. The van der Waals surface area contributed by atoms with Crippen LogP contribution in [-0.2, 0) is 0 Å². The van der Waals surface area contributed by atoms with E-state index in [2.05, 4.69) is 200 Å². The second kappa shape index (κ2) is 24.4. The molecule has 3 heterocycles. The van der Waals surface area contributed by atoms with Gasteiger partial charge in [-0.05, 0) is 174 Å². The molecule has 0 spiro atoms. The summed E-state index contributed by atoms with van der Waals surface area (Å²) in [5.74, 6) is 2.54. The SMILES string of the molecule is CCCCOc1ccc(-c2c(-c3ccc(-c4cccnc4)cc3)c(-c3ccc(OCCCC)cc3)c(-c3ccc(-c4cccnc4)cc3)c(-c3ccc(OCCCC)cc3)c2-c2ccc(-c3cccnc3)cc2)cc1. The lowest BCUT2D eigenvalue weighted by Gasteiger charge is -2.29. The van der Waals surface area contributed by atoms with Crippen LogP contribution in [0, 0.1) is 0 Å².